The Hall–Kier alpha value is -3.06. The second-order valence-electron chi connectivity index (χ2n) is 7.42. The van der Waals surface area contributed by atoms with Crippen LogP contribution in [0, 0.1) is 13.8 Å². The van der Waals surface area contributed by atoms with Crippen LogP contribution < -0.4 is 4.90 Å². The van der Waals surface area contributed by atoms with Gasteiger partial charge in [-0.15, -0.1) is 0 Å². The topological polar surface area (TPSA) is 62.2 Å². The van der Waals surface area contributed by atoms with Gasteiger partial charge in [-0.25, -0.2) is 9.97 Å². The number of hydrogen-bond acceptors (Lipinski definition) is 6. The Morgan fingerprint density at radius 3 is 2.62 bits per heavy atom. The number of pyridine rings is 2. The summed E-state index contributed by atoms with van der Waals surface area (Å²) in [7, 11) is 0. The Morgan fingerprint density at radius 1 is 1.00 bits per heavy atom. The highest BCUT2D eigenvalue weighted by Crippen LogP contribution is 2.28. The van der Waals surface area contributed by atoms with Gasteiger partial charge in [0.05, 0.1) is 16.8 Å². The summed E-state index contributed by atoms with van der Waals surface area (Å²) in [6, 6.07) is 12.0. The van der Waals surface area contributed by atoms with Crippen LogP contribution in [0.3, 0.4) is 0 Å². The van der Waals surface area contributed by atoms with Gasteiger partial charge in [0.15, 0.2) is 5.13 Å². The number of rotatable bonds is 2. The molecule has 4 heterocycles. The van der Waals surface area contributed by atoms with Gasteiger partial charge in [-0.1, -0.05) is 23.0 Å². The monoisotopic (exact) mass is 403 g/mol. The largest absolute Gasteiger partial charge is 0.344 e. The molecule has 5 rings (SSSR count). The predicted octanol–water partition coefficient (Wildman–Crippen LogP) is 3.82. The number of fused-ring (bicyclic) bond motifs is 2. The minimum atomic E-state index is 0.0593. The van der Waals surface area contributed by atoms with E-state index in [9.17, 15) is 4.79 Å². The number of aryl methyl sites for hydroxylation is 2. The van der Waals surface area contributed by atoms with Gasteiger partial charge in [0.2, 0.25) is 0 Å². The number of carbonyl (C=O) groups is 1. The minimum absolute atomic E-state index is 0.0593. The van der Waals surface area contributed by atoms with E-state index < -0.39 is 0 Å². The van der Waals surface area contributed by atoms with Gasteiger partial charge in [-0.2, -0.15) is 0 Å². The zero-order valence-corrected chi connectivity index (χ0v) is 17.2. The smallest absolute Gasteiger partial charge is 0.255 e. The number of benzene rings is 1. The van der Waals surface area contributed by atoms with E-state index in [-0.39, 0.29) is 5.91 Å². The van der Waals surface area contributed by atoms with Crippen LogP contribution in [0.4, 0.5) is 5.13 Å². The number of carbonyl (C=O) groups excluding carboxylic acids is 1. The van der Waals surface area contributed by atoms with Gasteiger partial charge >= 0.3 is 0 Å². The molecular formula is C22H21N5OS. The van der Waals surface area contributed by atoms with Gasteiger partial charge in [-0.3, -0.25) is 9.78 Å². The van der Waals surface area contributed by atoms with Crippen molar-refractivity contribution in [1.82, 2.24) is 19.9 Å². The van der Waals surface area contributed by atoms with Gasteiger partial charge in [0, 0.05) is 37.8 Å². The second-order valence-corrected chi connectivity index (χ2v) is 8.38. The van der Waals surface area contributed by atoms with E-state index in [0.29, 0.717) is 18.7 Å². The number of piperazine rings is 1. The van der Waals surface area contributed by atoms with Crippen molar-refractivity contribution >= 4 is 43.6 Å². The van der Waals surface area contributed by atoms with Crippen molar-refractivity contribution < 1.29 is 4.79 Å². The maximum absolute atomic E-state index is 13.2. The fourth-order valence-electron chi connectivity index (χ4n) is 3.77. The third-order valence-electron chi connectivity index (χ3n) is 5.38. The highest BCUT2D eigenvalue weighted by atomic mass is 32.1. The van der Waals surface area contributed by atoms with Crippen LogP contribution >= 0.6 is 11.3 Å². The van der Waals surface area contributed by atoms with Crippen molar-refractivity contribution in [2.45, 2.75) is 13.8 Å². The first-order valence-electron chi connectivity index (χ1n) is 9.72. The Balaban J connectivity index is 1.34. The molecule has 0 unspecified atom stereocenters. The normalized spacial score (nSPS) is 14.7. The highest BCUT2D eigenvalue weighted by molar-refractivity contribution is 7.21. The van der Waals surface area contributed by atoms with Crippen LogP contribution in [0.15, 0.2) is 42.6 Å². The van der Waals surface area contributed by atoms with Crippen molar-refractivity contribution in [3.8, 4) is 0 Å². The van der Waals surface area contributed by atoms with Crippen LogP contribution in [-0.2, 0) is 0 Å². The SMILES string of the molecule is Cc1ccc2nc(C)c(C(=O)N3CCN(c4nc5cccnc5s4)CC3)cc2c1. The lowest BCUT2D eigenvalue weighted by Crippen LogP contribution is -2.49. The molecule has 4 aromatic rings. The van der Waals surface area contributed by atoms with Crippen molar-refractivity contribution in [2.75, 3.05) is 31.1 Å². The Bertz CT molecular complexity index is 1190. The molecule has 1 saturated heterocycles. The van der Waals surface area contributed by atoms with Gasteiger partial charge in [-0.05, 0) is 44.2 Å². The molecule has 6 nitrogen and oxygen atoms in total. The molecule has 1 aromatic carbocycles. The summed E-state index contributed by atoms with van der Waals surface area (Å²) in [5.41, 5.74) is 4.50. The summed E-state index contributed by atoms with van der Waals surface area (Å²) >= 11 is 1.61. The summed E-state index contributed by atoms with van der Waals surface area (Å²) in [5, 5.41) is 1.99. The molecule has 1 aliphatic rings. The summed E-state index contributed by atoms with van der Waals surface area (Å²) < 4.78 is 0. The van der Waals surface area contributed by atoms with E-state index in [1.165, 1.54) is 5.56 Å². The third-order valence-corrected chi connectivity index (χ3v) is 6.42. The molecule has 1 aliphatic heterocycles. The van der Waals surface area contributed by atoms with Crippen molar-refractivity contribution in [2.24, 2.45) is 0 Å². The van der Waals surface area contributed by atoms with E-state index in [2.05, 4.69) is 32.8 Å². The molecular weight excluding hydrogens is 382 g/mol. The lowest BCUT2D eigenvalue weighted by molar-refractivity contribution is 0.0745. The lowest BCUT2D eigenvalue weighted by atomic mass is 10.1. The molecule has 0 bridgehead atoms. The number of nitrogens with zero attached hydrogens (tertiary/aromatic N) is 5. The fraction of sp³-hybridized carbons (Fsp3) is 0.273. The maximum atomic E-state index is 13.2. The summed E-state index contributed by atoms with van der Waals surface area (Å²) in [6.07, 6.45) is 1.79. The molecule has 0 radical (unpaired) electrons. The first-order chi connectivity index (χ1) is 14.1. The summed E-state index contributed by atoms with van der Waals surface area (Å²) in [5.74, 6) is 0.0593. The fourth-order valence-corrected chi connectivity index (χ4v) is 4.73. The Kier molecular flexibility index (Phi) is 4.39. The number of thiazole rings is 1. The first-order valence-corrected chi connectivity index (χ1v) is 10.5. The minimum Gasteiger partial charge on any atom is -0.344 e. The Morgan fingerprint density at radius 2 is 1.83 bits per heavy atom. The molecule has 1 amide bonds. The van der Waals surface area contributed by atoms with E-state index in [1.807, 2.05) is 42.2 Å². The molecule has 146 valence electrons. The average Bonchev–Trinajstić information content (AvgIpc) is 3.17. The van der Waals surface area contributed by atoms with Crippen molar-refractivity contribution in [1.29, 1.82) is 0 Å². The molecule has 29 heavy (non-hydrogen) atoms. The third kappa shape index (κ3) is 3.31. The van der Waals surface area contributed by atoms with Crippen LogP contribution in [-0.4, -0.2) is 51.9 Å². The zero-order chi connectivity index (χ0) is 20.0. The molecule has 3 aromatic heterocycles. The lowest BCUT2D eigenvalue weighted by Gasteiger charge is -2.34. The van der Waals surface area contributed by atoms with Crippen LogP contribution in [0.1, 0.15) is 21.6 Å². The number of hydrogen-bond donors (Lipinski definition) is 0. The first kappa shape index (κ1) is 18.0. The highest BCUT2D eigenvalue weighted by Gasteiger charge is 2.25. The Labute approximate surface area is 172 Å². The van der Waals surface area contributed by atoms with E-state index >= 15 is 0 Å². The number of amides is 1. The van der Waals surface area contributed by atoms with Crippen molar-refractivity contribution in [3.63, 3.8) is 0 Å². The zero-order valence-electron chi connectivity index (χ0n) is 16.4. The predicted molar refractivity (Wildman–Crippen MR) is 117 cm³/mol. The second kappa shape index (κ2) is 7.08. The molecule has 0 aliphatic carbocycles. The number of anilines is 1. The standard InChI is InChI=1S/C22H21N5OS/c1-14-5-6-18-16(12-14)13-17(15(2)24-18)21(28)26-8-10-27(11-9-26)22-25-19-4-3-7-23-20(19)29-22/h3-7,12-13H,8-11H2,1-2H3. The van der Waals surface area contributed by atoms with Crippen LogP contribution in [0.25, 0.3) is 21.3 Å². The molecule has 0 N–H and O–H groups in total. The molecule has 0 atom stereocenters. The summed E-state index contributed by atoms with van der Waals surface area (Å²) in [6.45, 7) is 6.85. The van der Waals surface area contributed by atoms with E-state index in [1.54, 1.807) is 17.5 Å². The van der Waals surface area contributed by atoms with Crippen LogP contribution in [0.2, 0.25) is 0 Å². The van der Waals surface area contributed by atoms with Crippen molar-refractivity contribution in [3.05, 3.63) is 59.4 Å². The molecule has 0 saturated carbocycles. The van der Waals surface area contributed by atoms with Gasteiger partial charge < -0.3 is 9.80 Å². The van der Waals surface area contributed by atoms with Crippen LogP contribution in [0.5, 0.6) is 0 Å². The van der Waals surface area contributed by atoms with Gasteiger partial charge in [0.25, 0.3) is 5.91 Å². The summed E-state index contributed by atoms with van der Waals surface area (Å²) in [4.78, 5) is 32.0. The van der Waals surface area contributed by atoms with E-state index in [0.717, 1.165) is 45.2 Å². The molecule has 1 fully saturated rings. The average molecular weight is 404 g/mol. The van der Waals surface area contributed by atoms with E-state index in [4.69, 9.17) is 0 Å². The maximum Gasteiger partial charge on any atom is 0.255 e. The molecule has 0 spiro atoms. The number of aromatic nitrogens is 3. The molecule has 7 heteroatoms. The van der Waals surface area contributed by atoms with Gasteiger partial charge in [0.1, 0.15) is 10.3 Å². The quantitative estimate of drug-likeness (QED) is 0.509.